The number of aryl methyl sites for hydroxylation is 2. The molecule has 0 fully saturated rings. The molecule has 0 aliphatic heterocycles. The van der Waals surface area contributed by atoms with E-state index in [1.807, 2.05) is 0 Å². The summed E-state index contributed by atoms with van der Waals surface area (Å²) in [7, 11) is 2.21. The Bertz CT molecular complexity index is 559. The molecular formula is C18H29N3. The van der Waals surface area contributed by atoms with E-state index in [9.17, 15) is 0 Å². The Balaban J connectivity index is 2.36. The van der Waals surface area contributed by atoms with Crippen LogP contribution < -0.4 is 0 Å². The number of benzene rings is 1. The van der Waals surface area contributed by atoms with Gasteiger partial charge in [-0.25, -0.2) is 4.98 Å². The maximum absolute atomic E-state index is 4.87. The normalized spacial score (nSPS) is 13.5. The summed E-state index contributed by atoms with van der Waals surface area (Å²) in [6.45, 7) is 12.2. The number of unbranched alkanes of at least 4 members (excludes halogenated alkanes) is 1. The van der Waals surface area contributed by atoms with Gasteiger partial charge in [0.2, 0.25) is 0 Å². The fraction of sp³-hybridized carbons (Fsp3) is 0.611. The van der Waals surface area contributed by atoms with Gasteiger partial charge in [0.25, 0.3) is 0 Å². The van der Waals surface area contributed by atoms with Crippen LogP contribution in [0.4, 0.5) is 0 Å². The van der Waals surface area contributed by atoms with Gasteiger partial charge < -0.3 is 4.98 Å². The van der Waals surface area contributed by atoms with Gasteiger partial charge in [0.1, 0.15) is 5.82 Å². The zero-order valence-electron chi connectivity index (χ0n) is 14.3. The fourth-order valence-corrected chi connectivity index (χ4v) is 3.01. The number of imidazole rings is 1. The highest BCUT2D eigenvalue weighted by molar-refractivity contribution is 5.77. The van der Waals surface area contributed by atoms with Crippen LogP contribution in [0.25, 0.3) is 11.0 Å². The van der Waals surface area contributed by atoms with Crippen LogP contribution in [-0.4, -0.2) is 28.5 Å². The lowest BCUT2D eigenvalue weighted by Gasteiger charge is -2.29. The molecule has 3 nitrogen and oxygen atoms in total. The number of hydrogen-bond donors (Lipinski definition) is 1. The molecule has 0 amide bonds. The average molecular weight is 287 g/mol. The molecule has 2 aromatic rings. The minimum atomic E-state index is 0.351. The summed E-state index contributed by atoms with van der Waals surface area (Å²) >= 11 is 0. The van der Waals surface area contributed by atoms with Gasteiger partial charge >= 0.3 is 0 Å². The Hall–Kier alpha value is -1.35. The van der Waals surface area contributed by atoms with E-state index in [1.54, 1.807) is 0 Å². The number of rotatable bonds is 6. The molecule has 0 aliphatic rings. The van der Waals surface area contributed by atoms with E-state index >= 15 is 0 Å². The molecule has 1 unspecified atom stereocenters. The van der Waals surface area contributed by atoms with Crippen molar-refractivity contribution in [3.63, 3.8) is 0 Å². The Morgan fingerprint density at radius 2 is 1.86 bits per heavy atom. The summed E-state index contributed by atoms with van der Waals surface area (Å²) in [6, 6.07) is 4.75. The van der Waals surface area contributed by atoms with E-state index in [2.05, 4.69) is 63.7 Å². The quantitative estimate of drug-likeness (QED) is 0.841. The predicted octanol–water partition coefficient (Wildman–Crippen LogP) is 4.61. The lowest BCUT2D eigenvalue weighted by molar-refractivity contribution is 0.184. The molecule has 1 aromatic carbocycles. The number of aromatic amines is 1. The summed E-state index contributed by atoms with van der Waals surface area (Å²) in [4.78, 5) is 10.9. The number of fused-ring (bicyclic) bond motifs is 1. The monoisotopic (exact) mass is 287 g/mol. The molecular weight excluding hydrogens is 258 g/mol. The fourth-order valence-electron chi connectivity index (χ4n) is 3.01. The molecule has 0 spiro atoms. The standard InChI is InChI=1S/C18H29N3/c1-7-8-9-21(6)17(12(2)3)18-19-15-10-13(4)14(5)11-16(15)20-18/h10-12,17H,7-9H2,1-6H3,(H,19,20). The van der Waals surface area contributed by atoms with Gasteiger partial charge in [-0.05, 0) is 63.0 Å². The van der Waals surface area contributed by atoms with Crippen molar-refractivity contribution in [3.05, 3.63) is 29.1 Å². The van der Waals surface area contributed by atoms with Gasteiger partial charge in [0.05, 0.1) is 17.1 Å². The second-order valence-corrected chi connectivity index (χ2v) is 6.60. The van der Waals surface area contributed by atoms with Gasteiger partial charge in [-0.15, -0.1) is 0 Å². The van der Waals surface area contributed by atoms with Gasteiger partial charge in [-0.2, -0.15) is 0 Å². The third-order valence-electron chi connectivity index (χ3n) is 4.37. The van der Waals surface area contributed by atoms with Crippen molar-refractivity contribution in [2.75, 3.05) is 13.6 Å². The lowest BCUT2D eigenvalue weighted by atomic mass is 10.0. The number of H-pyrrole nitrogens is 1. The van der Waals surface area contributed by atoms with Crippen molar-refractivity contribution in [3.8, 4) is 0 Å². The van der Waals surface area contributed by atoms with Crippen LogP contribution in [0.2, 0.25) is 0 Å². The molecule has 3 heteroatoms. The molecule has 1 aromatic heterocycles. The van der Waals surface area contributed by atoms with Crippen molar-refractivity contribution in [2.45, 2.75) is 53.5 Å². The van der Waals surface area contributed by atoms with Crippen LogP contribution in [0.3, 0.4) is 0 Å². The average Bonchev–Trinajstić information content (AvgIpc) is 2.78. The predicted molar refractivity (Wildman–Crippen MR) is 90.7 cm³/mol. The molecule has 116 valence electrons. The molecule has 0 aliphatic carbocycles. The van der Waals surface area contributed by atoms with Gasteiger partial charge in [0, 0.05) is 0 Å². The Labute approximate surface area is 128 Å². The number of aromatic nitrogens is 2. The van der Waals surface area contributed by atoms with Gasteiger partial charge in [0.15, 0.2) is 0 Å². The lowest BCUT2D eigenvalue weighted by Crippen LogP contribution is -2.30. The first-order valence-electron chi connectivity index (χ1n) is 8.11. The van der Waals surface area contributed by atoms with Crippen LogP contribution in [-0.2, 0) is 0 Å². The van der Waals surface area contributed by atoms with E-state index in [0.717, 1.165) is 23.4 Å². The Morgan fingerprint density at radius 3 is 2.48 bits per heavy atom. The number of hydrogen-bond acceptors (Lipinski definition) is 2. The SMILES string of the molecule is CCCCN(C)C(c1nc2cc(C)c(C)cc2[nH]1)C(C)C. The molecule has 0 radical (unpaired) electrons. The van der Waals surface area contributed by atoms with Crippen LogP contribution in [0.15, 0.2) is 12.1 Å². The number of nitrogens with one attached hydrogen (secondary N) is 1. The minimum absolute atomic E-state index is 0.351. The van der Waals surface area contributed by atoms with Gasteiger partial charge in [-0.1, -0.05) is 27.2 Å². The Kier molecular flexibility index (Phi) is 5.04. The van der Waals surface area contributed by atoms with E-state index in [0.29, 0.717) is 12.0 Å². The summed E-state index contributed by atoms with van der Waals surface area (Å²) < 4.78 is 0. The van der Waals surface area contributed by atoms with Gasteiger partial charge in [-0.3, -0.25) is 4.90 Å². The molecule has 0 saturated heterocycles. The maximum atomic E-state index is 4.87. The highest BCUT2D eigenvalue weighted by Gasteiger charge is 2.23. The Morgan fingerprint density at radius 1 is 1.19 bits per heavy atom. The smallest absolute Gasteiger partial charge is 0.124 e. The highest BCUT2D eigenvalue weighted by Crippen LogP contribution is 2.28. The summed E-state index contributed by atoms with van der Waals surface area (Å²) in [6.07, 6.45) is 2.46. The van der Waals surface area contributed by atoms with E-state index < -0.39 is 0 Å². The first-order valence-corrected chi connectivity index (χ1v) is 8.11. The van der Waals surface area contributed by atoms with E-state index in [-0.39, 0.29) is 0 Å². The molecule has 0 bridgehead atoms. The third-order valence-corrected chi connectivity index (χ3v) is 4.37. The second-order valence-electron chi connectivity index (χ2n) is 6.60. The molecule has 21 heavy (non-hydrogen) atoms. The summed E-state index contributed by atoms with van der Waals surface area (Å²) in [5.41, 5.74) is 4.87. The molecule has 1 heterocycles. The zero-order valence-corrected chi connectivity index (χ0v) is 14.3. The first kappa shape index (κ1) is 16.0. The maximum Gasteiger partial charge on any atom is 0.124 e. The summed E-state index contributed by atoms with van der Waals surface area (Å²) in [5, 5.41) is 0. The van der Waals surface area contributed by atoms with E-state index in [4.69, 9.17) is 4.98 Å². The van der Waals surface area contributed by atoms with Crippen molar-refractivity contribution < 1.29 is 0 Å². The molecule has 1 N–H and O–H groups in total. The van der Waals surface area contributed by atoms with E-state index in [1.165, 1.54) is 24.0 Å². The zero-order chi connectivity index (χ0) is 15.6. The largest absolute Gasteiger partial charge is 0.341 e. The van der Waals surface area contributed by atoms with Crippen LogP contribution in [0.5, 0.6) is 0 Å². The van der Waals surface area contributed by atoms with Crippen molar-refractivity contribution >= 4 is 11.0 Å². The summed E-state index contributed by atoms with van der Waals surface area (Å²) in [5.74, 6) is 1.64. The number of nitrogens with zero attached hydrogens (tertiary/aromatic N) is 2. The van der Waals surface area contributed by atoms with Crippen LogP contribution >= 0.6 is 0 Å². The molecule has 0 saturated carbocycles. The second kappa shape index (κ2) is 6.61. The topological polar surface area (TPSA) is 31.9 Å². The first-order chi connectivity index (χ1) is 9.93. The third kappa shape index (κ3) is 3.46. The molecule has 1 atom stereocenters. The molecule has 2 rings (SSSR count). The van der Waals surface area contributed by atoms with Crippen LogP contribution in [0, 0.1) is 19.8 Å². The van der Waals surface area contributed by atoms with Crippen LogP contribution in [0.1, 0.15) is 56.6 Å². The van der Waals surface area contributed by atoms with Crippen molar-refractivity contribution in [1.82, 2.24) is 14.9 Å². The minimum Gasteiger partial charge on any atom is -0.341 e. The van der Waals surface area contributed by atoms with Crippen molar-refractivity contribution in [1.29, 1.82) is 0 Å². The highest BCUT2D eigenvalue weighted by atomic mass is 15.2. The van der Waals surface area contributed by atoms with Crippen molar-refractivity contribution in [2.24, 2.45) is 5.92 Å².